The standard InChI is InChI=1S/C10H14ClNO/c1-6(2)10(12)7-3-4-9(13)8(11)5-7/h3-6,10,13H,12H2,1-2H3. The Labute approximate surface area is 83.3 Å². The molecule has 0 saturated carbocycles. The van der Waals surface area contributed by atoms with Gasteiger partial charge in [0.2, 0.25) is 0 Å². The fraction of sp³-hybridized carbons (Fsp3) is 0.400. The van der Waals surface area contributed by atoms with Gasteiger partial charge in [0.25, 0.3) is 0 Å². The average Bonchev–Trinajstić information content (AvgIpc) is 2.08. The summed E-state index contributed by atoms with van der Waals surface area (Å²) in [6.45, 7) is 4.09. The molecule has 2 nitrogen and oxygen atoms in total. The molecule has 0 spiro atoms. The van der Waals surface area contributed by atoms with E-state index in [0.29, 0.717) is 10.9 Å². The SMILES string of the molecule is CC(C)C(N)c1ccc(O)c(Cl)c1. The molecular formula is C10H14ClNO. The van der Waals surface area contributed by atoms with E-state index in [1.165, 1.54) is 0 Å². The number of phenolic OH excluding ortho intramolecular Hbond substituents is 1. The molecule has 0 amide bonds. The quantitative estimate of drug-likeness (QED) is 0.770. The Morgan fingerprint density at radius 3 is 2.46 bits per heavy atom. The van der Waals surface area contributed by atoms with Gasteiger partial charge in [0.1, 0.15) is 5.75 Å². The van der Waals surface area contributed by atoms with Gasteiger partial charge in [-0.15, -0.1) is 0 Å². The zero-order chi connectivity index (χ0) is 10.0. The fourth-order valence-electron chi connectivity index (χ4n) is 1.12. The minimum absolute atomic E-state index is 0.0295. The van der Waals surface area contributed by atoms with Crippen molar-refractivity contribution >= 4 is 11.6 Å². The third-order valence-electron chi connectivity index (χ3n) is 2.07. The molecule has 0 bridgehead atoms. The minimum Gasteiger partial charge on any atom is -0.506 e. The largest absolute Gasteiger partial charge is 0.506 e. The third kappa shape index (κ3) is 2.36. The lowest BCUT2D eigenvalue weighted by Gasteiger charge is -2.16. The molecule has 1 atom stereocenters. The molecule has 13 heavy (non-hydrogen) atoms. The fourth-order valence-corrected chi connectivity index (χ4v) is 1.30. The van der Waals surface area contributed by atoms with E-state index >= 15 is 0 Å². The van der Waals surface area contributed by atoms with Crippen LogP contribution in [0.2, 0.25) is 5.02 Å². The van der Waals surface area contributed by atoms with Crippen LogP contribution in [0, 0.1) is 5.92 Å². The number of rotatable bonds is 2. The van der Waals surface area contributed by atoms with Gasteiger partial charge in [-0.25, -0.2) is 0 Å². The van der Waals surface area contributed by atoms with Crippen LogP contribution >= 0.6 is 11.6 Å². The first-order valence-electron chi connectivity index (χ1n) is 4.26. The Morgan fingerprint density at radius 1 is 1.38 bits per heavy atom. The molecule has 0 saturated heterocycles. The normalized spacial score (nSPS) is 13.3. The van der Waals surface area contributed by atoms with Crippen LogP contribution < -0.4 is 5.73 Å². The monoisotopic (exact) mass is 199 g/mol. The number of benzene rings is 1. The molecule has 0 aliphatic rings. The Morgan fingerprint density at radius 2 is 2.00 bits per heavy atom. The van der Waals surface area contributed by atoms with E-state index in [9.17, 15) is 5.11 Å². The van der Waals surface area contributed by atoms with Crippen LogP contribution in [0.4, 0.5) is 0 Å². The summed E-state index contributed by atoms with van der Waals surface area (Å²) in [6, 6.07) is 5.05. The van der Waals surface area contributed by atoms with Crippen molar-refractivity contribution in [3.05, 3.63) is 28.8 Å². The third-order valence-corrected chi connectivity index (χ3v) is 2.38. The molecule has 1 aromatic rings. The first-order chi connectivity index (χ1) is 6.02. The molecule has 0 aliphatic heterocycles. The van der Waals surface area contributed by atoms with E-state index in [-0.39, 0.29) is 11.8 Å². The highest BCUT2D eigenvalue weighted by molar-refractivity contribution is 6.32. The molecule has 0 fully saturated rings. The summed E-state index contributed by atoms with van der Waals surface area (Å²) in [5, 5.41) is 9.55. The maximum absolute atomic E-state index is 9.19. The summed E-state index contributed by atoms with van der Waals surface area (Å²) in [5.41, 5.74) is 6.87. The van der Waals surface area contributed by atoms with E-state index in [0.717, 1.165) is 5.56 Å². The zero-order valence-corrected chi connectivity index (χ0v) is 8.55. The predicted molar refractivity (Wildman–Crippen MR) is 54.9 cm³/mol. The summed E-state index contributed by atoms with van der Waals surface area (Å²) in [4.78, 5) is 0. The Hall–Kier alpha value is -0.730. The van der Waals surface area contributed by atoms with Crippen molar-refractivity contribution < 1.29 is 5.11 Å². The highest BCUT2D eigenvalue weighted by atomic mass is 35.5. The van der Waals surface area contributed by atoms with Gasteiger partial charge < -0.3 is 10.8 Å². The van der Waals surface area contributed by atoms with E-state index in [4.69, 9.17) is 17.3 Å². The Balaban J connectivity index is 2.97. The molecule has 0 aliphatic carbocycles. The predicted octanol–water partition coefficient (Wildman–Crippen LogP) is 2.70. The maximum Gasteiger partial charge on any atom is 0.134 e. The van der Waals surface area contributed by atoms with Crippen molar-refractivity contribution in [2.45, 2.75) is 19.9 Å². The molecule has 1 rings (SSSR count). The van der Waals surface area contributed by atoms with Crippen molar-refractivity contribution in [1.29, 1.82) is 0 Å². The molecule has 0 radical (unpaired) electrons. The highest BCUT2D eigenvalue weighted by Gasteiger charge is 2.11. The van der Waals surface area contributed by atoms with Crippen LogP contribution in [-0.2, 0) is 0 Å². The van der Waals surface area contributed by atoms with Crippen LogP contribution in [0.5, 0.6) is 5.75 Å². The van der Waals surface area contributed by atoms with Crippen LogP contribution in [0.25, 0.3) is 0 Å². The first-order valence-corrected chi connectivity index (χ1v) is 4.64. The number of nitrogens with two attached hydrogens (primary N) is 1. The van der Waals surface area contributed by atoms with Crippen LogP contribution in [0.3, 0.4) is 0 Å². The van der Waals surface area contributed by atoms with E-state index in [2.05, 4.69) is 0 Å². The lowest BCUT2D eigenvalue weighted by molar-refractivity contribution is 0.473. The molecule has 1 aromatic carbocycles. The Kier molecular flexibility index (Phi) is 3.17. The second kappa shape index (κ2) is 3.99. The van der Waals surface area contributed by atoms with Gasteiger partial charge in [-0.3, -0.25) is 0 Å². The van der Waals surface area contributed by atoms with Gasteiger partial charge in [0.15, 0.2) is 0 Å². The van der Waals surface area contributed by atoms with Crippen LogP contribution in [0.15, 0.2) is 18.2 Å². The van der Waals surface area contributed by atoms with Crippen molar-refractivity contribution in [3.63, 3.8) is 0 Å². The van der Waals surface area contributed by atoms with E-state index in [1.54, 1.807) is 18.2 Å². The number of halogens is 1. The van der Waals surface area contributed by atoms with Gasteiger partial charge in [-0.2, -0.15) is 0 Å². The van der Waals surface area contributed by atoms with E-state index in [1.807, 2.05) is 13.8 Å². The summed E-state index contributed by atoms with van der Waals surface area (Å²) < 4.78 is 0. The van der Waals surface area contributed by atoms with E-state index < -0.39 is 0 Å². The van der Waals surface area contributed by atoms with Crippen molar-refractivity contribution in [3.8, 4) is 5.75 Å². The Bertz CT molecular complexity index is 299. The topological polar surface area (TPSA) is 46.2 Å². The smallest absolute Gasteiger partial charge is 0.134 e. The number of phenols is 1. The van der Waals surface area contributed by atoms with Gasteiger partial charge in [-0.05, 0) is 23.6 Å². The number of aromatic hydroxyl groups is 1. The molecule has 3 heteroatoms. The first kappa shape index (κ1) is 10.4. The molecule has 72 valence electrons. The van der Waals surface area contributed by atoms with Gasteiger partial charge in [0, 0.05) is 6.04 Å². The van der Waals surface area contributed by atoms with Gasteiger partial charge in [-0.1, -0.05) is 31.5 Å². The molecule has 3 N–H and O–H groups in total. The van der Waals surface area contributed by atoms with Crippen molar-refractivity contribution in [2.24, 2.45) is 11.7 Å². The van der Waals surface area contributed by atoms with Crippen molar-refractivity contribution in [1.82, 2.24) is 0 Å². The second-order valence-electron chi connectivity index (χ2n) is 3.48. The molecule has 0 heterocycles. The van der Waals surface area contributed by atoms with Crippen molar-refractivity contribution in [2.75, 3.05) is 0 Å². The number of hydrogen-bond donors (Lipinski definition) is 2. The minimum atomic E-state index is -0.0295. The summed E-state index contributed by atoms with van der Waals surface area (Å²) >= 11 is 5.76. The van der Waals surface area contributed by atoms with Gasteiger partial charge >= 0.3 is 0 Å². The molecule has 0 aromatic heterocycles. The molecule has 1 unspecified atom stereocenters. The summed E-state index contributed by atoms with van der Waals surface area (Å²) in [5.74, 6) is 0.460. The lowest BCUT2D eigenvalue weighted by atomic mass is 9.97. The lowest BCUT2D eigenvalue weighted by Crippen LogP contribution is -2.16. The zero-order valence-electron chi connectivity index (χ0n) is 7.79. The average molecular weight is 200 g/mol. The van der Waals surface area contributed by atoms with Gasteiger partial charge in [0.05, 0.1) is 5.02 Å². The highest BCUT2D eigenvalue weighted by Crippen LogP contribution is 2.28. The van der Waals surface area contributed by atoms with Crippen LogP contribution in [0.1, 0.15) is 25.5 Å². The second-order valence-corrected chi connectivity index (χ2v) is 3.89. The maximum atomic E-state index is 9.19. The summed E-state index contributed by atoms with van der Waals surface area (Å²) in [7, 11) is 0. The number of hydrogen-bond acceptors (Lipinski definition) is 2. The summed E-state index contributed by atoms with van der Waals surface area (Å²) in [6.07, 6.45) is 0. The van der Waals surface area contributed by atoms with Crippen LogP contribution in [-0.4, -0.2) is 5.11 Å². The molecular weight excluding hydrogens is 186 g/mol.